The lowest BCUT2D eigenvalue weighted by atomic mass is 10.3. The third kappa shape index (κ3) is 3.54. The maximum atomic E-state index is 12.0. The molecule has 20 heavy (non-hydrogen) atoms. The first-order chi connectivity index (χ1) is 9.60. The van der Waals surface area contributed by atoms with E-state index in [1.54, 1.807) is 34.1 Å². The van der Waals surface area contributed by atoms with Crippen molar-refractivity contribution in [1.29, 1.82) is 0 Å². The van der Waals surface area contributed by atoms with Crippen molar-refractivity contribution in [2.75, 3.05) is 38.6 Å². The van der Waals surface area contributed by atoms with Gasteiger partial charge in [-0.2, -0.15) is 0 Å². The highest BCUT2D eigenvalue weighted by atomic mass is 35.5. The molecule has 1 aromatic carbocycles. The fraction of sp³-hybridized carbons (Fsp3) is 0.385. The Bertz CT molecular complexity index is 484. The fourth-order valence-electron chi connectivity index (χ4n) is 1.96. The quantitative estimate of drug-likeness (QED) is 0.865. The largest absolute Gasteiger partial charge is 0.453 e. The lowest BCUT2D eigenvalue weighted by molar-refractivity contribution is 0.0993. The highest BCUT2D eigenvalue weighted by Crippen LogP contribution is 2.14. The Morgan fingerprint density at radius 2 is 1.65 bits per heavy atom. The fourth-order valence-corrected chi connectivity index (χ4v) is 2.08. The molecule has 3 amide bonds. The summed E-state index contributed by atoms with van der Waals surface area (Å²) in [6, 6.07) is 6.73. The van der Waals surface area contributed by atoms with E-state index < -0.39 is 0 Å². The molecule has 1 fully saturated rings. The summed E-state index contributed by atoms with van der Waals surface area (Å²) in [6.07, 6.45) is -0.359. The Morgan fingerprint density at radius 1 is 1.10 bits per heavy atom. The zero-order valence-corrected chi connectivity index (χ0v) is 11.9. The van der Waals surface area contributed by atoms with Crippen LogP contribution in [0.3, 0.4) is 0 Å². The molecule has 1 aliphatic heterocycles. The number of hydrogen-bond acceptors (Lipinski definition) is 3. The number of amides is 3. The Morgan fingerprint density at radius 3 is 2.20 bits per heavy atom. The van der Waals surface area contributed by atoms with Crippen molar-refractivity contribution in [1.82, 2.24) is 9.80 Å². The number of ether oxygens (including phenoxy) is 1. The Hall–Kier alpha value is -1.95. The number of piperazine rings is 1. The molecule has 2 rings (SSSR count). The minimum Gasteiger partial charge on any atom is -0.453 e. The van der Waals surface area contributed by atoms with Gasteiger partial charge in [0.15, 0.2) is 0 Å². The van der Waals surface area contributed by atoms with Crippen LogP contribution in [0.2, 0.25) is 5.02 Å². The number of hydrogen-bond donors (Lipinski definition) is 1. The van der Waals surface area contributed by atoms with Crippen LogP contribution in [-0.2, 0) is 4.74 Å². The van der Waals surface area contributed by atoms with Gasteiger partial charge in [0.05, 0.1) is 7.11 Å². The van der Waals surface area contributed by atoms with Crippen LogP contribution >= 0.6 is 11.6 Å². The molecule has 1 aliphatic rings. The van der Waals surface area contributed by atoms with E-state index in [0.717, 1.165) is 0 Å². The molecule has 0 atom stereocenters. The predicted molar refractivity (Wildman–Crippen MR) is 76.0 cm³/mol. The molecule has 1 aromatic rings. The topological polar surface area (TPSA) is 61.9 Å². The second kappa shape index (κ2) is 6.47. The molecule has 1 N–H and O–H groups in total. The zero-order valence-electron chi connectivity index (χ0n) is 11.1. The number of nitrogens with zero attached hydrogens (tertiary/aromatic N) is 2. The van der Waals surface area contributed by atoms with Crippen LogP contribution in [-0.4, -0.2) is 55.2 Å². The number of nitrogens with one attached hydrogen (secondary N) is 1. The summed E-state index contributed by atoms with van der Waals surface area (Å²) in [5, 5.41) is 3.41. The van der Waals surface area contributed by atoms with Gasteiger partial charge < -0.3 is 19.9 Å². The first-order valence-electron chi connectivity index (χ1n) is 6.24. The highest BCUT2D eigenvalue weighted by Gasteiger charge is 2.24. The lowest BCUT2D eigenvalue weighted by Gasteiger charge is -2.33. The van der Waals surface area contributed by atoms with Crippen LogP contribution < -0.4 is 5.32 Å². The van der Waals surface area contributed by atoms with Crippen molar-refractivity contribution in [2.45, 2.75) is 0 Å². The summed E-state index contributed by atoms with van der Waals surface area (Å²) in [5.74, 6) is 0. The van der Waals surface area contributed by atoms with E-state index in [4.69, 9.17) is 11.6 Å². The van der Waals surface area contributed by atoms with Crippen LogP contribution in [0, 0.1) is 0 Å². The van der Waals surface area contributed by atoms with Gasteiger partial charge in [-0.15, -0.1) is 0 Å². The maximum Gasteiger partial charge on any atom is 0.409 e. The SMILES string of the molecule is COC(=O)N1CCN(C(=O)Nc2ccc(Cl)cc2)CC1. The average molecular weight is 298 g/mol. The normalized spacial score (nSPS) is 14.9. The van der Waals surface area contributed by atoms with Gasteiger partial charge in [-0.25, -0.2) is 9.59 Å². The maximum absolute atomic E-state index is 12.0. The van der Waals surface area contributed by atoms with Crippen molar-refractivity contribution in [3.63, 3.8) is 0 Å². The summed E-state index contributed by atoms with van der Waals surface area (Å²) in [7, 11) is 1.35. The molecule has 0 saturated carbocycles. The smallest absolute Gasteiger partial charge is 0.409 e. The Balaban J connectivity index is 1.85. The van der Waals surface area contributed by atoms with Gasteiger partial charge in [-0.3, -0.25) is 0 Å². The standard InChI is InChI=1S/C13H16ClN3O3/c1-20-13(19)17-8-6-16(7-9-17)12(18)15-11-4-2-10(14)3-5-11/h2-5H,6-9H2,1H3,(H,15,18). The number of rotatable bonds is 1. The molecule has 0 spiro atoms. The summed E-state index contributed by atoms with van der Waals surface area (Å²) >= 11 is 5.78. The number of carbonyl (C=O) groups excluding carboxylic acids is 2. The molecule has 0 aromatic heterocycles. The monoisotopic (exact) mass is 297 g/mol. The predicted octanol–water partition coefficient (Wildman–Crippen LogP) is 2.26. The number of carbonyl (C=O) groups is 2. The van der Waals surface area contributed by atoms with Crippen LogP contribution in [0.5, 0.6) is 0 Å². The van der Waals surface area contributed by atoms with Gasteiger partial charge in [0.1, 0.15) is 0 Å². The number of halogens is 1. The van der Waals surface area contributed by atoms with Crippen molar-refractivity contribution in [2.24, 2.45) is 0 Å². The van der Waals surface area contributed by atoms with Gasteiger partial charge in [-0.1, -0.05) is 11.6 Å². The molecule has 0 unspecified atom stereocenters. The van der Waals surface area contributed by atoms with E-state index in [0.29, 0.717) is 36.9 Å². The lowest BCUT2D eigenvalue weighted by Crippen LogP contribution is -2.51. The van der Waals surface area contributed by atoms with Crippen molar-refractivity contribution >= 4 is 29.4 Å². The van der Waals surface area contributed by atoms with E-state index in [-0.39, 0.29) is 12.1 Å². The first-order valence-corrected chi connectivity index (χ1v) is 6.62. The second-order valence-corrected chi connectivity index (χ2v) is 4.82. The molecule has 7 heteroatoms. The van der Waals surface area contributed by atoms with E-state index >= 15 is 0 Å². The highest BCUT2D eigenvalue weighted by molar-refractivity contribution is 6.30. The second-order valence-electron chi connectivity index (χ2n) is 4.38. The number of urea groups is 1. The third-order valence-corrected chi connectivity index (χ3v) is 3.35. The van der Waals surface area contributed by atoms with Gasteiger partial charge in [0.25, 0.3) is 0 Å². The first kappa shape index (κ1) is 14.5. The Labute approximate surface area is 122 Å². The van der Waals surface area contributed by atoms with E-state index in [9.17, 15) is 9.59 Å². The summed E-state index contributed by atoms with van der Waals surface area (Å²) < 4.78 is 4.65. The molecule has 0 aliphatic carbocycles. The molecule has 6 nitrogen and oxygen atoms in total. The summed E-state index contributed by atoms with van der Waals surface area (Å²) in [4.78, 5) is 26.6. The van der Waals surface area contributed by atoms with Gasteiger partial charge in [-0.05, 0) is 24.3 Å². The van der Waals surface area contributed by atoms with Gasteiger partial charge in [0, 0.05) is 36.9 Å². The summed E-state index contributed by atoms with van der Waals surface area (Å²) in [5.41, 5.74) is 0.690. The minimum absolute atomic E-state index is 0.183. The molecule has 1 heterocycles. The summed E-state index contributed by atoms with van der Waals surface area (Å²) in [6.45, 7) is 1.91. The van der Waals surface area contributed by atoms with Crippen LogP contribution in [0.1, 0.15) is 0 Å². The molecular formula is C13H16ClN3O3. The minimum atomic E-state index is -0.359. The van der Waals surface area contributed by atoms with Gasteiger partial charge in [0.2, 0.25) is 0 Å². The van der Waals surface area contributed by atoms with Crippen molar-refractivity contribution in [3.8, 4) is 0 Å². The van der Waals surface area contributed by atoms with E-state index in [1.807, 2.05) is 0 Å². The number of methoxy groups -OCH3 is 1. The Kier molecular flexibility index (Phi) is 4.68. The van der Waals surface area contributed by atoms with Gasteiger partial charge >= 0.3 is 12.1 Å². The average Bonchev–Trinajstić information content (AvgIpc) is 2.49. The molecule has 0 radical (unpaired) electrons. The van der Waals surface area contributed by atoms with E-state index in [2.05, 4.69) is 10.1 Å². The van der Waals surface area contributed by atoms with Crippen molar-refractivity contribution in [3.05, 3.63) is 29.3 Å². The van der Waals surface area contributed by atoms with E-state index in [1.165, 1.54) is 7.11 Å². The van der Waals surface area contributed by atoms with Crippen molar-refractivity contribution < 1.29 is 14.3 Å². The third-order valence-electron chi connectivity index (χ3n) is 3.10. The molecule has 108 valence electrons. The van der Waals surface area contributed by atoms with Crippen LogP contribution in [0.15, 0.2) is 24.3 Å². The number of benzene rings is 1. The molecule has 1 saturated heterocycles. The number of anilines is 1. The molecular weight excluding hydrogens is 282 g/mol. The molecule has 0 bridgehead atoms. The van der Waals surface area contributed by atoms with Crippen LogP contribution in [0.25, 0.3) is 0 Å². The van der Waals surface area contributed by atoms with Crippen LogP contribution in [0.4, 0.5) is 15.3 Å². The zero-order chi connectivity index (χ0) is 14.5.